The molecule has 1 N–H and O–H groups in total. The minimum atomic E-state index is -3.31. The Balaban J connectivity index is 1.91. The zero-order valence-corrected chi connectivity index (χ0v) is 14.2. The number of carbonyl (C=O) groups is 1. The van der Waals surface area contributed by atoms with Crippen molar-refractivity contribution in [3.8, 4) is 0 Å². The van der Waals surface area contributed by atoms with Gasteiger partial charge in [0.2, 0.25) is 0 Å². The van der Waals surface area contributed by atoms with Gasteiger partial charge in [0.15, 0.2) is 9.84 Å². The first-order valence-corrected chi connectivity index (χ1v) is 8.92. The number of alkyl carbamates (subject to hydrolysis) is 1. The van der Waals surface area contributed by atoms with Crippen LogP contribution in [-0.4, -0.2) is 31.4 Å². The number of nitrogens with one attached hydrogen (secondary N) is 1. The fourth-order valence-electron chi connectivity index (χ4n) is 2.33. The number of benzene rings is 1. The van der Waals surface area contributed by atoms with E-state index in [4.69, 9.17) is 4.74 Å². The minimum absolute atomic E-state index is 0.139. The maximum Gasteiger partial charge on any atom is 0.407 e. The highest BCUT2D eigenvalue weighted by atomic mass is 32.2. The molecular formula is C16H23NO4S. The Morgan fingerprint density at radius 2 is 1.73 bits per heavy atom. The van der Waals surface area contributed by atoms with E-state index in [9.17, 15) is 13.2 Å². The van der Waals surface area contributed by atoms with Crippen molar-refractivity contribution in [1.82, 2.24) is 5.32 Å². The summed E-state index contributed by atoms with van der Waals surface area (Å²) < 4.78 is 30.0. The van der Waals surface area contributed by atoms with Crippen LogP contribution in [0, 0.1) is 6.92 Å². The maximum absolute atomic E-state index is 12.4. The van der Waals surface area contributed by atoms with Gasteiger partial charge in [-0.2, -0.15) is 0 Å². The number of carbonyl (C=O) groups excluding carboxylic acids is 1. The second kappa shape index (κ2) is 5.91. The topological polar surface area (TPSA) is 72.5 Å². The third-order valence-corrected chi connectivity index (χ3v) is 5.80. The summed E-state index contributed by atoms with van der Waals surface area (Å²) in [6.45, 7) is 7.29. The zero-order chi connectivity index (χ0) is 16.5. The fourth-order valence-corrected chi connectivity index (χ4v) is 4.20. The normalized spacial score (nSPS) is 21.8. The average molecular weight is 325 g/mol. The molecular weight excluding hydrogens is 302 g/mol. The molecule has 22 heavy (non-hydrogen) atoms. The van der Waals surface area contributed by atoms with E-state index in [0.717, 1.165) is 5.56 Å². The average Bonchev–Trinajstić information content (AvgIpc) is 2.31. The monoisotopic (exact) mass is 325 g/mol. The summed E-state index contributed by atoms with van der Waals surface area (Å²) in [5.41, 5.74) is 0.471. The van der Waals surface area contributed by atoms with E-state index < -0.39 is 26.8 Å². The van der Waals surface area contributed by atoms with Crippen LogP contribution >= 0.6 is 0 Å². The number of rotatable bonds is 3. The molecule has 122 valence electrons. The summed E-state index contributed by atoms with van der Waals surface area (Å²) in [7, 11) is -3.31. The molecule has 6 heteroatoms. The number of sulfone groups is 1. The van der Waals surface area contributed by atoms with Crippen LogP contribution in [0.15, 0.2) is 29.2 Å². The Hall–Kier alpha value is -1.56. The second-order valence-corrected chi connectivity index (χ2v) is 9.02. The molecule has 1 aromatic carbocycles. The van der Waals surface area contributed by atoms with Crippen LogP contribution in [0.2, 0.25) is 0 Å². The standard InChI is InChI=1S/C16H23NO4S/c1-11-5-7-13(8-6-11)22(19,20)14-9-12(10-14)17-15(18)21-16(2,3)4/h5-8,12,14H,9-10H2,1-4H3,(H,17,18). The third-order valence-electron chi connectivity index (χ3n) is 3.60. The van der Waals surface area contributed by atoms with Gasteiger partial charge in [0, 0.05) is 6.04 Å². The third kappa shape index (κ3) is 4.00. The first kappa shape index (κ1) is 16.8. The lowest BCUT2D eigenvalue weighted by atomic mass is 9.92. The van der Waals surface area contributed by atoms with Crippen LogP contribution in [0.25, 0.3) is 0 Å². The first-order chi connectivity index (χ1) is 10.1. The summed E-state index contributed by atoms with van der Waals surface area (Å²) in [5, 5.41) is 2.27. The van der Waals surface area contributed by atoms with E-state index in [1.165, 1.54) is 0 Å². The number of amides is 1. The van der Waals surface area contributed by atoms with E-state index in [1.807, 2.05) is 6.92 Å². The van der Waals surface area contributed by atoms with Gasteiger partial charge in [0.25, 0.3) is 0 Å². The van der Waals surface area contributed by atoms with Gasteiger partial charge >= 0.3 is 6.09 Å². The second-order valence-electron chi connectivity index (χ2n) is 6.79. The largest absolute Gasteiger partial charge is 0.444 e. The van der Waals surface area contributed by atoms with Crippen LogP contribution in [0.4, 0.5) is 4.79 Å². The molecule has 0 heterocycles. The number of hydrogen-bond donors (Lipinski definition) is 1. The van der Waals surface area contributed by atoms with E-state index in [0.29, 0.717) is 17.7 Å². The number of hydrogen-bond acceptors (Lipinski definition) is 4. The Morgan fingerprint density at radius 1 is 1.18 bits per heavy atom. The lowest BCUT2D eigenvalue weighted by Gasteiger charge is -2.35. The van der Waals surface area contributed by atoms with Gasteiger partial charge < -0.3 is 10.1 Å². The molecule has 5 nitrogen and oxygen atoms in total. The highest BCUT2D eigenvalue weighted by molar-refractivity contribution is 7.92. The van der Waals surface area contributed by atoms with E-state index in [-0.39, 0.29) is 6.04 Å². The predicted molar refractivity (Wildman–Crippen MR) is 84.5 cm³/mol. The maximum atomic E-state index is 12.4. The smallest absolute Gasteiger partial charge is 0.407 e. The van der Waals surface area contributed by atoms with Crippen molar-refractivity contribution in [1.29, 1.82) is 0 Å². The first-order valence-electron chi connectivity index (χ1n) is 7.38. The molecule has 1 amide bonds. The van der Waals surface area contributed by atoms with Crippen LogP contribution in [0.1, 0.15) is 39.2 Å². The fraction of sp³-hybridized carbons (Fsp3) is 0.562. The Morgan fingerprint density at radius 3 is 2.23 bits per heavy atom. The molecule has 1 aliphatic rings. The van der Waals surface area contributed by atoms with Gasteiger partial charge in [-0.15, -0.1) is 0 Å². The lowest BCUT2D eigenvalue weighted by Crippen LogP contribution is -2.50. The van der Waals surface area contributed by atoms with Gasteiger partial charge in [0.1, 0.15) is 5.60 Å². The quantitative estimate of drug-likeness (QED) is 0.927. The Labute approximate surface area is 132 Å². The summed E-state index contributed by atoms with van der Waals surface area (Å²) in [6.07, 6.45) is 0.355. The van der Waals surface area contributed by atoms with Crippen LogP contribution in [0.3, 0.4) is 0 Å². The molecule has 0 atom stereocenters. The molecule has 0 radical (unpaired) electrons. The summed E-state index contributed by atoms with van der Waals surface area (Å²) >= 11 is 0. The van der Waals surface area contributed by atoms with E-state index in [2.05, 4.69) is 5.32 Å². The number of ether oxygens (including phenoxy) is 1. The van der Waals surface area contributed by atoms with Crippen molar-refractivity contribution < 1.29 is 17.9 Å². The summed E-state index contributed by atoms with van der Waals surface area (Å²) in [4.78, 5) is 12.0. The Bertz CT molecular complexity index is 638. The van der Waals surface area contributed by atoms with E-state index in [1.54, 1.807) is 45.0 Å². The molecule has 1 fully saturated rings. The summed E-state index contributed by atoms with van der Waals surface area (Å²) in [5.74, 6) is 0. The summed E-state index contributed by atoms with van der Waals surface area (Å²) in [6, 6.07) is 6.72. The van der Waals surface area contributed by atoms with Crippen molar-refractivity contribution in [2.45, 2.75) is 62.3 Å². The highest BCUT2D eigenvalue weighted by Crippen LogP contribution is 2.32. The van der Waals surface area contributed by atoms with E-state index >= 15 is 0 Å². The molecule has 0 spiro atoms. The molecule has 0 aliphatic heterocycles. The van der Waals surface area contributed by atoms with Gasteiger partial charge in [-0.1, -0.05) is 17.7 Å². The number of aryl methyl sites for hydroxylation is 1. The molecule has 1 saturated carbocycles. The van der Waals surface area contributed by atoms with Crippen LogP contribution in [-0.2, 0) is 14.6 Å². The van der Waals surface area contributed by atoms with Crippen LogP contribution < -0.4 is 5.32 Å². The van der Waals surface area contributed by atoms with Crippen molar-refractivity contribution in [2.75, 3.05) is 0 Å². The molecule has 0 unspecified atom stereocenters. The molecule has 0 bridgehead atoms. The van der Waals surface area contributed by atoms with Crippen molar-refractivity contribution in [3.05, 3.63) is 29.8 Å². The van der Waals surface area contributed by atoms with Crippen molar-refractivity contribution >= 4 is 15.9 Å². The van der Waals surface area contributed by atoms with Gasteiger partial charge in [-0.05, 0) is 52.7 Å². The van der Waals surface area contributed by atoms with Gasteiger partial charge in [0.05, 0.1) is 10.1 Å². The zero-order valence-electron chi connectivity index (χ0n) is 13.4. The molecule has 2 rings (SSSR count). The molecule has 1 aromatic rings. The molecule has 0 aromatic heterocycles. The Kier molecular flexibility index (Phi) is 4.52. The highest BCUT2D eigenvalue weighted by Gasteiger charge is 2.40. The van der Waals surface area contributed by atoms with Crippen molar-refractivity contribution in [3.63, 3.8) is 0 Å². The SMILES string of the molecule is Cc1ccc(S(=O)(=O)C2CC(NC(=O)OC(C)(C)C)C2)cc1. The van der Waals surface area contributed by atoms with Gasteiger partial charge in [-0.3, -0.25) is 0 Å². The molecule has 0 saturated heterocycles. The predicted octanol–water partition coefficient (Wildman–Crippen LogP) is 2.82. The molecule has 1 aliphatic carbocycles. The lowest BCUT2D eigenvalue weighted by molar-refractivity contribution is 0.0481. The van der Waals surface area contributed by atoms with Crippen LogP contribution in [0.5, 0.6) is 0 Å². The van der Waals surface area contributed by atoms with Crippen molar-refractivity contribution in [2.24, 2.45) is 0 Å². The minimum Gasteiger partial charge on any atom is -0.444 e. The van der Waals surface area contributed by atoms with Gasteiger partial charge in [-0.25, -0.2) is 13.2 Å².